The van der Waals surface area contributed by atoms with Gasteiger partial charge in [0, 0.05) is 19.2 Å². The number of rotatable bonds is 6. The minimum Gasteiger partial charge on any atom is -0.396 e. The van der Waals surface area contributed by atoms with Gasteiger partial charge in [0.2, 0.25) is 0 Å². The van der Waals surface area contributed by atoms with Crippen molar-refractivity contribution in [1.29, 1.82) is 0 Å². The van der Waals surface area contributed by atoms with Gasteiger partial charge in [0.15, 0.2) is 5.78 Å². The first-order chi connectivity index (χ1) is 16.2. The molecule has 0 unspecified atom stereocenters. The molecular weight excluding hydrogens is 438 g/mol. The van der Waals surface area contributed by atoms with Crippen LogP contribution in [0, 0.1) is 23.0 Å². The molecule has 5 rings (SSSR count). The molecule has 2 heterocycles. The number of fused-ring (bicyclic) bond motifs is 5. The molecule has 1 N–H and O–H groups in total. The van der Waals surface area contributed by atoms with Gasteiger partial charge in [0.05, 0.1) is 34.3 Å². The lowest BCUT2D eigenvalue weighted by Gasteiger charge is -2.37. The highest BCUT2D eigenvalue weighted by Gasteiger charge is 2.65. The van der Waals surface area contributed by atoms with Crippen molar-refractivity contribution in [2.24, 2.45) is 11.3 Å². The number of hydrogen-bond acceptors (Lipinski definition) is 6. The molecule has 0 saturated heterocycles. The lowest BCUT2D eigenvalue weighted by atomic mass is 9.66. The zero-order valence-electron chi connectivity index (χ0n) is 19.3. The average Bonchev–Trinajstić information content (AvgIpc) is 3.20. The van der Waals surface area contributed by atoms with Gasteiger partial charge in [-0.3, -0.25) is 9.78 Å². The summed E-state index contributed by atoms with van der Waals surface area (Å²) < 4.78 is 28.9. The van der Waals surface area contributed by atoms with Crippen LogP contribution in [0.15, 0.2) is 36.7 Å². The maximum absolute atomic E-state index is 14.4. The molecule has 176 valence electrons. The summed E-state index contributed by atoms with van der Waals surface area (Å²) in [6.07, 6.45) is 4.93. The topological polar surface area (TPSA) is 88.9 Å². The fourth-order valence-corrected chi connectivity index (χ4v) is 5.95. The van der Waals surface area contributed by atoms with E-state index in [1.165, 1.54) is 24.4 Å². The van der Waals surface area contributed by atoms with E-state index in [1.807, 2.05) is 0 Å². The first-order valence-electron chi connectivity index (χ1n) is 11.5. The van der Waals surface area contributed by atoms with Crippen LogP contribution >= 0.6 is 0 Å². The molecule has 0 spiro atoms. The first kappa shape index (κ1) is 22.7. The van der Waals surface area contributed by atoms with Gasteiger partial charge >= 0.3 is 0 Å². The van der Waals surface area contributed by atoms with Crippen LogP contribution in [0.2, 0.25) is 0 Å². The first-order valence-corrected chi connectivity index (χ1v) is 11.5. The molecule has 0 amide bonds. The fourth-order valence-electron chi connectivity index (χ4n) is 5.95. The molecule has 0 aliphatic heterocycles. The molecule has 2 aromatic heterocycles. The van der Waals surface area contributed by atoms with Crippen LogP contribution in [0.1, 0.15) is 73.4 Å². The van der Waals surface area contributed by atoms with Crippen LogP contribution in [0.5, 0.6) is 0 Å². The second-order valence-corrected chi connectivity index (χ2v) is 10.1. The van der Waals surface area contributed by atoms with E-state index in [-0.39, 0.29) is 53.0 Å². The maximum atomic E-state index is 14.4. The molecule has 2 aliphatic carbocycles. The monoisotopic (exact) mass is 464 g/mol. The second kappa shape index (κ2) is 7.98. The summed E-state index contributed by atoms with van der Waals surface area (Å²) in [4.78, 5) is 21.8. The standard InChI is InChI=1S/C26H26F2N4O2/c1-14(13-33)9-21(34)20-11-29-12-22(30-20)26-8-7-16(25(26,2)3)15-10-19(31-32-24(15)26)23-17(27)5-4-6-18(23)28/h4-6,10-12,14,16,33H,7-9,13H2,1-3H3/t14-,16+,26+/m1/s1. The summed E-state index contributed by atoms with van der Waals surface area (Å²) in [5.41, 5.74) is 1.62. The van der Waals surface area contributed by atoms with E-state index in [4.69, 9.17) is 4.98 Å². The predicted octanol–water partition coefficient (Wildman–Crippen LogP) is 4.62. The molecule has 2 bridgehead atoms. The Morgan fingerprint density at radius 2 is 1.94 bits per heavy atom. The molecule has 2 aliphatic rings. The third-order valence-electron chi connectivity index (χ3n) is 7.80. The number of ketones is 1. The highest BCUT2D eigenvalue weighted by Crippen LogP contribution is 2.69. The van der Waals surface area contributed by atoms with Crippen molar-refractivity contribution in [3.8, 4) is 11.3 Å². The molecule has 34 heavy (non-hydrogen) atoms. The number of nitrogens with zero attached hydrogens (tertiary/aromatic N) is 4. The third-order valence-corrected chi connectivity index (χ3v) is 7.80. The zero-order valence-corrected chi connectivity index (χ0v) is 19.3. The van der Waals surface area contributed by atoms with Crippen molar-refractivity contribution >= 4 is 5.78 Å². The number of Topliss-reactive ketones (excluding diaryl/α,β-unsaturated/α-hetero) is 1. The van der Waals surface area contributed by atoms with Crippen molar-refractivity contribution in [2.45, 2.75) is 51.4 Å². The van der Waals surface area contributed by atoms with E-state index in [1.54, 1.807) is 19.2 Å². The van der Waals surface area contributed by atoms with Crippen LogP contribution in [0.25, 0.3) is 11.3 Å². The summed E-state index contributed by atoms with van der Waals surface area (Å²) in [6.45, 7) is 6.00. The normalized spacial score (nSPS) is 23.1. The van der Waals surface area contributed by atoms with Crippen molar-refractivity contribution in [3.63, 3.8) is 0 Å². The number of aromatic nitrogens is 4. The molecule has 0 radical (unpaired) electrons. The van der Waals surface area contributed by atoms with Crippen LogP contribution in [0.4, 0.5) is 8.78 Å². The van der Waals surface area contributed by atoms with Gasteiger partial charge in [-0.1, -0.05) is 26.8 Å². The average molecular weight is 465 g/mol. The highest BCUT2D eigenvalue weighted by molar-refractivity contribution is 5.94. The smallest absolute Gasteiger partial charge is 0.183 e. The number of hydrogen-bond donors (Lipinski definition) is 1. The van der Waals surface area contributed by atoms with Crippen LogP contribution in [-0.2, 0) is 5.41 Å². The molecule has 3 aromatic rings. The molecular formula is C26H26F2N4O2. The van der Waals surface area contributed by atoms with Crippen molar-refractivity contribution < 1.29 is 18.7 Å². The van der Waals surface area contributed by atoms with Crippen molar-refractivity contribution in [2.75, 3.05) is 6.61 Å². The Bertz CT molecular complexity index is 1280. The molecule has 1 aromatic carbocycles. The quantitative estimate of drug-likeness (QED) is 0.536. The molecule has 1 fully saturated rings. The van der Waals surface area contributed by atoms with E-state index in [0.717, 1.165) is 24.1 Å². The van der Waals surface area contributed by atoms with Gasteiger partial charge in [0.1, 0.15) is 17.3 Å². The minimum absolute atomic E-state index is 0.0780. The zero-order chi connectivity index (χ0) is 24.3. The third kappa shape index (κ3) is 3.11. The van der Waals surface area contributed by atoms with Crippen LogP contribution in [-0.4, -0.2) is 37.7 Å². The van der Waals surface area contributed by atoms with E-state index in [0.29, 0.717) is 5.69 Å². The van der Waals surface area contributed by atoms with Crippen LogP contribution < -0.4 is 0 Å². The van der Waals surface area contributed by atoms with Gasteiger partial charge < -0.3 is 5.11 Å². The lowest BCUT2D eigenvalue weighted by molar-refractivity contribution is 0.0937. The Balaban J connectivity index is 1.62. The Kier molecular flexibility index (Phi) is 5.31. The summed E-state index contributed by atoms with van der Waals surface area (Å²) in [6, 6.07) is 5.49. The van der Waals surface area contributed by atoms with Crippen molar-refractivity contribution in [3.05, 3.63) is 70.9 Å². The number of carbonyl (C=O) groups is 1. The lowest BCUT2D eigenvalue weighted by Crippen LogP contribution is -2.38. The van der Waals surface area contributed by atoms with Gasteiger partial charge in [-0.05, 0) is 53.9 Å². The number of carbonyl (C=O) groups excluding carboxylic acids is 1. The molecule has 1 saturated carbocycles. The van der Waals surface area contributed by atoms with Crippen LogP contribution in [0.3, 0.4) is 0 Å². The SMILES string of the molecule is C[C@@H](CO)CC(=O)c1cncc([C@@]23CC[C@@H](c4cc(-c5c(F)cccc5F)nnc42)C3(C)C)n1. The summed E-state index contributed by atoms with van der Waals surface area (Å²) in [7, 11) is 0. The minimum atomic E-state index is -0.680. The van der Waals surface area contributed by atoms with Crippen molar-refractivity contribution in [1.82, 2.24) is 20.2 Å². The predicted molar refractivity (Wildman–Crippen MR) is 121 cm³/mol. The Morgan fingerprint density at radius 3 is 2.65 bits per heavy atom. The maximum Gasteiger partial charge on any atom is 0.183 e. The molecule has 6 nitrogen and oxygen atoms in total. The Labute approximate surface area is 196 Å². The number of aliphatic hydroxyl groups excluding tert-OH is 1. The molecule has 3 atom stereocenters. The fraction of sp³-hybridized carbons (Fsp3) is 0.423. The number of halogens is 2. The summed E-state index contributed by atoms with van der Waals surface area (Å²) in [5.74, 6) is -1.60. The summed E-state index contributed by atoms with van der Waals surface area (Å²) in [5, 5.41) is 18.1. The van der Waals surface area contributed by atoms with Gasteiger partial charge in [-0.15, -0.1) is 5.10 Å². The Hall–Kier alpha value is -3.13. The van der Waals surface area contributed by atoms with E-state index in [9.17, 15) is 18.7 Å². The largest absolute Gasteiger partial charge is 0.396 e. The second-order valence-electron chi connectivity index (χ2n) is 10.1. The van der Waals surface area contributed by atoms with E-state index in [2.05, 4.69) is 29.0 Å². The van der Waals surface area contributed by atoms with E-state index >= 15 is 0 Å². The highest BCUT2D eigenvalue weighted by atomic mass is 19.1. The Morgan fingerprint density at radius 1 is 1.21 bits per heavy atom. The number of aliphatic hydroxyl groups is 1. The number of benzene rings is 1. The van der Waals surface area contributed by atoms with E-state index < -0.39 is 17.0 Å². The van der Waals surface area contributed by atoms with Gasteiger partial charge in [-0.2, -0.15) is 5.10 Å². The van der Waals surface area contributed by atoms with Gasteiger partial charge in [-0.25, -0.2) is 13.8 Å². The molecule has 8 heteroatoms. The summed E-state index contributed by atoms with van der Waals surface area (Å²) >= 11 is 0. The van der Waals surface area contributed by atoms with Gasteiger partial charge in [0.25, 0.3) is 0 Å².